The minimum Gasteiger partial charge on any atom is -0.368 e. The van der Waals surface area contributed by atoms with Crippen LogP contribution in [0.2, 0.25) is 5.02 Å². The summed E-state index contributed by atoms with van der Waals surface area (Å²) in [6, 6.07) is 7.16. The molecule has 1 saturated heterocycles. The minimum absolute atomic E-state index is 0.146. The molecule has 0 radical (unpaired) electrons. The van der Waals surface area contributed by atoms with Crippen LogP contribution in [0.5, 0.6) is 0 Å². The summed E-state index contributed by atoms with van der Waals surface area (Å²) in [6.45, 7) is 10.1. The molecule has 20 heavy (non-hydrogen) atoms. The molecule has 4 unspecified atom stereocenters. The SMILES string of the molecule is CC(N)Cc1ccc(N2CC(C)CC(C)C2C)cc1Cl. The van der Waals surface area contributed by atoms with Crippen LogP contribution in [0, 0.1) is 11.8 Å². The molecule has 4 atom stereocenters. The molecule has 0 bridgehead atoms. The molecule has 2 N–H and O–H groups in total. The van der Waals surface area contributed by atoms with Gasteiger partial charge in [0.25, 0.3) is 0 Å². The molecular weight excluding hydrogens is 268 g/mol. The summed E-state index contributed by atoms with van der Waals surface area (Å²) < 4.78 is 0. The smallest absolute Gasteiger partial charge is 0.0459 e. The largest absolute Gasteiger partial charge is 0.368 e. The van der Waals surface area contributed by atoms with E-state index in [0.717, 1.165) is 35.4 Å². The highest BCUT2D eigenvalue weighted by atomic mass is 35.5. The van der Waals surface area contributed by atoms with Crippen LogP contribution >= 0.6 is 11.6 Å². The van der Waals surface area contributed by atoms with E-state index in [1.165, 1.54) is 12.1 Å². The van der Waals surface area contributed by atoms with Gasteiger partial charge in [0.2, 0.25) is 0 Å². The summed E-state index contributed by atoms with van der Waals surface area (Å²) in [5, 5.41) is 0.845. The van der Waals surface area contributed by atoms with E-state index in [-0.39, 0.29) is 6.04 Å². The van der Waals surface area contributed by atoms with E-state index in [2.05, 4.69) is 43.9 Å². The van der Waals surface area contributed by atoms with Crippen molar-refractivity contribution in [3.63, 3.8) is 0 Å². The van der Waals surface area contributed by atoms with Crippen molar-refractivity contribution in [1.82, 2.24) is 0 Å². The quantitative estimate of drug-likeness (QED) is 0.909. The van der Waals surface area contributed by atoms with Crippen LogP contribution < -0.4 is 10.6 Å². The number of hydrogen-bond acceptors (Lipinski definition) is 2. The Labute approximate surface area is 128 Å². The molecule has 2 rings (SSSR count). The first-order chi connectivity index (χ1) is 9.38. The average Bonchev–Trinajstić information content (AvgIpc) is 2.36. The topological polar surface area (TPSA) is 29.3 Å². The van der Waals surface area contributed by atoms with E-state index in [4.69, 9.17) is 17.3 Å². The Morgan fingerprint density at radius 3 is 2.65 bits per heavy atom. The third-order valence-electron chi connectivity index (χ3n) is 4.51. The number of hydrogen-bond donors (Lipinski definition) is 1. The predicted molar refractivity (Wildman–Crippen MR) is 88.6 cm³/mol. The summed E-state index contributed by atoms with van der Waals surface area (Å²) in [5.41, 5.74) is 8.26. The third kappa shape index (κ3) is 3.48. The van der Waals surface area contributed by atoms with Gasteiger partial charge in [0.1, 0.15) is 0 Å². The van der Waals surface area contributed by atoms with E-state index in [9.17, 15) is 0 Å². The lowest BCUT2D eigenvalue weighted by Gasteiger charge is -2.42. The molecule has 1 fully saturated rings. The minimum atomic E-state index is 0.146. The molecule has 1 aromatic rings. The van der Waals surface area contributed by atoms with Crippen LogP contribution in [0.25, 0.3) is 0 Å². The zero-order valence-corrected chi connectivity index (χ0v) is 13.8. The second-order valence-corrected chi connectivity index (χ2v) is 7.08. The molecule has 0 saturated carbocycles. The van der Waals surface area contributed by atoms with Crippen molar-refractivity contribution in [3.8, 4) is 0 Å². The summed E-state index contributed by atoms with van der Waals surface area (Å²) in [4.78, 5) is 2.50. The standard InChI is InChI=1S/C17H27ClN2/c1-11-7-12(2)14(4)20(10-11)16-6-5-15(8-13(3)19)17(18)9-16/h5-6,9,11-14H,7-8,10,19H2,1-4H3. The van der Waals surface area contributed by atoms with Gasteiger partial charge in [0.05, 0.1) is 0 Å². The van der Waals surface area contributed by atoms with Gasteiger partial charge in [-0.1, -0.05) is 31.5 Å². The van der Waals surface area contributed by atoms with Crippen molar-refractivity contribution in [2.45, 2.75) is 52.6 Å². The number of benzene rings is 1. The van der Waals surface area contributed by atoms with Crippen molar-refractivity contribution < 1.29 is 0 Å². The van der Waals surface area contributed by atoms with Crippen LogP contribution in [0.4, 0.5) is 5.69 Å². The second-order valence-electron chi connectivity index (χ2n) is 6.67. The zero-order valence-electron chi connectivity index (χ0n) is 13.1. The highest BCUT2D eigenvalue weighted by molar-refractivity contribution is 6.31. The lowest BCUT2D eigenvalue weighted by atomic mass is 9.85. The number of halogens is 1. The van der Waals surface area contributed by atoms with Crippen molar-refractivity contribution in [2.24, 2.45) is 17.6 Å². The normalized spacial score (nSPS) is 28.5. The fourth-order valence-corrected chi connectivity index (χ4v) is 3.54. The maximum atomic E-state index is 6.43. The van der Waals surface area contributed by atoms with Crippen LogP contribution in [0.15, 0.2) is 18.2 Å². The van der Waals surface area contributed by atoms with Crippen LogP contribution in [-0.4, -0.2) is 18.6 Å². The Hall–Kier alpha value is -0.730. The molecule has 3 heteroatoms. The van der Waals surface area contributed by atoms with Gasteiger partial charge in [-0.2, -0.15) is 0 Å². The lowest BCUT2D eigenvalue weighted by molar-refractivity contribution is 0.297. The van der Waals surface area contributed by atoms with Gasteiger partial charge in [-0.05, 0) is 56.2 Å². The Morgan fingerprint density at radius 1 is 1.35 bits per heavy atom. The number of nitrogens with two attached hydrogens (primary N) is 1. The molecule has 0 spiro atoms. The first-order valence-electron chi connectivity index (χ1n) is 7.69. The average molecular weight is 295 g/mol. The maximum absolute atomic E-state index is 6.43. The molecule has 0 aromatic heterocycles. The molecule has 112 valence electrons. The fourth-order valence-electron chi connectivity index (χ4n) is 3.28. The second kappa shape index (κ2) is 6.36. The molecule has 1 aliphatic rings. The summed E-state index contributed by atoms with van der Waals surface area (Å²) in [7, 11) is 0. The Bertz CT molecular complexity index is 458. The van der Waals surface area contributed by atoms with E-state index in [1.54, 1.807) is 0 Å². The van der Waals surface area contributed by atoms with Gasteiger partial charge < -0.3 is 10.6 Å². The molecule has 1 aliphatic heterocycles. The maximum Gasteiger partial charge on any atom is 0.0459 e. The summed E-state index contributed by atoms with van der Waals surface area (Å²) in [5.74, 6) is 1.46. The van der Waals surface area contributed by atoms with E-state index >= 15 is 0 Å². The molecule has 1 aromatic carbocycles. The Morgan fingerprint density at radius 2 is 2.05 bits per heavy atom. The number of piperidine rings is 1. The van der Waals surface area contributed by atoms with Gasteiger partial charge in [-0.15, -0.1) is 0 Å². The first kappa shape index (κ1) is 15.7. The molecule has 0 aliphatic carbocycles. The molecule has 0 amide bonds. The highest BCUT2D eigenvalue weighted by Gasteiger charge is 2.29. The van der Waals surface area contributed by atoms with Crippen molar-refractivity contribution >= 4 is 17.3 Å². The van der Waals surface area contributed by atoms with Crippen LogP contribution in [0.3, 0.4) is 0 Å². The van der Waals surface area contributed by atoms with Crippen molar-refractivity contribution in [1.29, 1.82) is 0 Å². The van der Waals surface area contributed by atoms with Gasteiger partial charge in [-0.25, -0.2) is 0 Å². The van der Waals surface area contributed by atoms with E-state index < -0.39 is 0 Å². The highest BCUT2D eigenvalue weighted by Crippen LogP contribution is 2.33. The van der Waals surface area contributed by atoms with Gasteiger partial charge in [0, 0.05) is 29.3 Å². The van der Waals surface area contributed by atoms with E-state index in [0.29, 0.717) is 6.04 Å². The van der Waals surface area contributed by atoms with Gasteiger partial charge in [-0.3, -0.25) is 0 Å². The zero-order chi connectivity index (χ0) is 14.9. The predicted octanol–water partition coefficient (Wildman–Crippen LogP) is 4.10. The molecular formula is C17H27ClN2. The van der Waals surface area contributed by atoms with Gasteiger partial charge >= 0.3 is 0 Å². The van der Waals surface area contributed by atoms with Crippen LogP contribution in [0.1, 0.15) is 39.7 Å². The Balaban J connectivity index is 2.22. The number of anilines is 1. The van der Waals surface area contributed by atoms with Crippen molar-refractivity contribution in [2.75, 3.05) is 11.4 Å². The molecule has 1 heterocycles. The fraction of sp³-hybridized carbons (Fsp3) is 0.647. The van der Waals surface area contributed by atoms with Gasteiger partial charge in [0.15, 0.2) is 0 Å². The number of rotatable bonds is 3. The summed E-state index contributed by atoms with van der Waals surface area (Å²) in [6.07, 6.45) is 2.15. The third-order valence-corrected chi connectivity index (χ3v) is 4.86. The monoisotopic (exact) mass is 294 g/mol. The number of nitrogens with zero attached hydrogens (tertiary/aromatic N) is 1. The lowest BCUT2D eigenvalue weighted by Crippen LogP contribution is -2.45. The van der Waals surface area contributed by atoms with Crippen LogP contribution in [-0.2, 0) is 6.42 Å². The Kier molecular flexibility index (Phi) is 4.98. The van der Waals surface area contributed by atoms with E-state index in [1.807, 2.05) is 6.92 Å². The van der Waals surface area contributed by atoms with Crippen molar-refractivity contribution in [3.05, 3.63) is 28.8 Å². The molecule has 2 nitrogen and oxygen atoms in total. The summed E-state index contributed by atoms with van der Waals surface area (Å²) >= 11 is 6.43. The first-order valence-corrected chi connectivity index (χ1v) is 8.07.